The van der Waals surface area contributed by atoms with E-state index >= 15 is 0 Å². The number of hydrogen-bond acceptors (Lipinski definition) is 3. The van der Waals surface area contributed by atoms with Gasteiger partial charge in [0.1, 0.15) is 11.9 Å². The van der Waals surface area contributed by atoms with Gasteiger partial charge in [-0.2, -0.15) is 18.4 Å². The van der Waals surface area contributed by atoms with Crippen molar-refractivity contribution in [2.45, 2.75) is 25.9 Å². The third-order valence-corrected chi connectivity index (χ3v) is 3.43. The molecular weight excluding hydrogens is 255 g/mol. The molecule has 1 aliphatic rings. The minimum Gasteiger partial charge on any atom is -0.355 e. The highest BCUT2D eigenvalue weighted by molar-refractivity contribution is 5.57. The fourth-order valence-electron chi connectivity index (χ4n) is 2.36. The summed E-state index contributed by atoms with van der Waals surface area (Å²) in [6, 6.07) is 3.72. The molecule has 1 fully saturated rings. The van der Waals surface area contributed by atoms with Crippen molar-refractivity contribution < 1.29 is 13.2 Å². The number of piperidine rings is 1. The van der Waals surface area contributed by atoms with E-state index < -0.39 is 12.1 Å². The number of anilines is 1. The molecule has 19 heavy (non-hydrogen) atoms. The Balaban J connectivity index is 2.28. The van der Waals surface area contributed by atoms with Gasteiger partial charge in [-0.15, -0.1) is 0 Å². The van der Waals surface area contributed by atoms with E-state index in [2.05, 4.69) is 4.98 Å². The van der Waals surface area contributed by atoms with Crippen LogP contribution in [0.25, 0.3) is 0 Å². The number of rotatable bonds is 1. The maximum Gasteiger partial charge on any atom is 0.393 e. The SMILES string of the molecule is Cc1ccnc(N2CCCC(C(F)(F)F)C2)c1C#N. The number of alkyl halides is 3. The lowest BCUT2D eigenvalue weighted by molar-refractivity contribution is -0.176. The summed E-state index contributed by atoms with van der Waals surface area (Å²) >= 11 is 0. The molecule has 0 N–H and O–H groups in total. The molecule has 102 valence electrons. The van der Waals surface area contributed by atoms with E-state index in [0.29, 0.717) is 24.3 Å². The van der Waals surface area contributed by atoms with Crippen LogP contribution in [-0.2, 0) is 0 Å². The van der Waals surface area contributed by atoms with Gasteiger partial charge >= 0.3 is 6.18 Å². The van der Waals surface area contributed by atoms with Gasteiger partial charge in [-0.1, -0.05) is 0 Å². The average Bonchev–Trinajstić information content (AvgIpc) is 2.37. The minimum atomic E-state index is -4.19. The molecule has 1 saturated heterocycles. The summed E-state index contributed by atoms with van der Waals surface area (Å²) in [6.45, 7) is 2.15. The minimum absolute atomic E-state index is 0.116. The molecule has 6 heteroatoms. The summed E-state index contributed by atoms with van der Waals surface area (Å²) in [7, 11) is 0. The van der Waals surface area contributed by atoms with Crippen LogP contribution in [0, 0.1) is 24.2 Å². The Morgan fingerprint density at radius 2 is 2.21 bits per heavy atom. The van der Waals surface area contributed by atoms with Gasteiger partial charge < -0.3 is 4.90 Å². The van der Waals surface area contributed by atoms with Gasteiger partial charge in [-0.3, -0.25) is 0 Å². The van der Waals surface area contributed by atoms with Gasteiger partial charge in [-0.05, 0) is 31.4 Å². The number of nitriles is 1. The summed E-state index contributed by atoms with van der Waals surface area (Å²) in [5, 5.41) is 9.12. The first-order valence-electron chi connectivity index (χ1n) is 6.11. The highest BCUT2D eigenvalue weighted by Gasteiger charge is 2.42. The first-order chi connectivity index (χ1) is 8.93. The highest BCUT2D eigenvalue weighted by atomic mass is 19.4. The smallest absolute Gasteiger partial charge is 0.355 e. The van der Waals surface area contributed by atoms with Crippen molar-refractivity contribution in [3.05, 3.63) is 23.4 Å². The van der Waals surface area contributed by atoms with Crippen molar-refractivity contribution in [3.8, 4) is 6.07 Å². The number of hydrogen-bond donors (Lipinski definition) is 0. The zero-order chi connectivity index (χ0) is 14.0. The van der Waals surface area contributed by atoms with E-state index in [1.807, 2.05) is 6.07 Å². The van der Waals surface area contributed by atoms with E-state index in [0.717, 1.165) is 5.56 Å². The molecule has 1 atom stereocenters. The average molecular weight is 269 g/mol. The summed E-state index contributed by atoms with van der Waals surface area (Å²) < 4.78 is 38.3. The third kappa shape index (κ3) is 2.80. The second-order valence-electron chi connectivity index (χ2n) is 4.77. The van der Waals surface area contributed by atoms with E-state index in [1.54, 1.807) is 17.9 Å². The molecule has 3 nitrogen and oxygen atoms in total. The van der Waals surface area contributed by atoms with Crippen LogP contribution in [0.15, 0.2) is 12.3 Å². The van der Waals surface area contributed by atoms with Crippen LogP contribution in [-0.4, -0.2) is 24.2 Å². The topological polar surface area (TPSA) is 39.9 Å². The lowest BCUT2D eigenvalue weighted by atomic mass is 9.97. The lowest BCUT2D eigenvalue weighted by Gasteiger charge is -2.35. The monoisotopic (exact) mass is 269 g/mol. The maximum atomic E-state index is 12.8. The van der Waals surface area contributed by atoms with Crippen LogP contribution in [0.5, 0.6) is 0 Å². The Hall–Kier alpha value is -1.77. The fourth-order valence-corrected chi connectivity index (χ4v) is 2.36. The summed E-state index contributed by atoms with van der Waals surface area (Å²) in [5.41, 5.74) is 1.10. The fraction of sp³-hybridized carbons (Fsp3) is 0.538. The first-order valence-corrected chi connectivity index (χ1v) is 6.11. The van der Waals surface area contributed by atoms with Crippen LogP contribution < -0.4 is 4.90 Å². The van der Waals surface area contributed by atoms with Crippen molar-refractivity contribution in [1.82, 2.24) is 4.98 Å². The molecule has 1 aromatic heterocycles. The van der Waals surface area contributed by atoms with Crippen LogP contribution >= 0.6 is 0 Å². The van der Waals surface area contributed by atoms with E-state index in [4.69, 9.17) is 5.26 Å². The molecule has 0 bridgehead atoms. The van der Waals surface area contributed by atoms with E-state index in [9.17, 15) is 13.2 Å². The Kier molecular flexibility index (Phi) is 3.65. The third-order valence-electron chi connectivity index (χ3n) is 3.43. The number of halogens is 3. The van der Waals surface area contributed by atoms with Crippen LogP contribution in [0.4, 0.5) is 19.0 Å². The Morgan fingerprint density at radius 1 is 1.47 bits per heavy atom. The predicted octanol–water partition coefficient (Wildman–Crippen LogP) is 3.04. The van der Waals surface area contributed by atoms with Gasteiger partial charge in [0.15, 0.2) is 0 Å². The van der Waals surface area contributed by atoms with Crippen molar-refractivity contribution in [1.29, 1.82) is 5.26 Å². The van der Waals surface area contributed by atoms with Gasteiger partial charge in [0, 0.05) is 19.3 Å². The van der Waals surface area contributed by atoms with Crippen molar-refractivity contribution >= 4 is 5.82 Å². The van der Waals surface area contributed by atoms with Crippen molar-refractivity contribution in [2.75, 3.05) is 18.0 Å². The molecule has 2 heterocycles. The molecule has 0 spiro atoms. The van der Waals surface area contributed by atoms with E-state index in [-0.39, 0.29) is 13.0 Å². The predicted molar refractivity (Wildman–Crippen MR) is 64.7 cm³/mol. The molecule has 0 aromatic carbocycles. The molecule has 0 aliphatic carbocycles. The number of aryl methyl sites for hydroxylation is 1. The van der Waals surface area contributed by atoms with Crippen molar-refractivity contribution in [3.63, 3.8) is 0 Å². The number of aromatic nitrogens is 1. The van der Waals surface area contributed by atoms with E-state index in [1.165, 1.54) is 6.20 Å². The number of nitrogens with zero attached hydrogens (tertiary/aromatic N) is 3. The first kappa shape index (κ1) is 13.7. The van der Waals surface area contributed by atoms with Crippen LogP contribution in [0.2, 0.25) is 0 Å². The largest absolute Gasteiger partial charge is 0.393 e. The Labute approximate surface area is 109 Å². The zero-order valence-electron chi connectivity index (χ0n) is 10.5. The molecule has 1 aliphatic heterocycles. The molecule has 1 unspecified atom stereocenters. The second kappa shape index (κ2) is 5.08. The molecule has 1 aromatic rings. The quantitative estimate of drug-likeness (QED) is 0.786. The molecule has 0 radical (unpaired) electrons. The summed E-state index contributed by atoms with van der Waals surface area (Å²) in [6.07, 6.45) is -2.05. The van der Waals surface area contributed by atoms with Crippen molar-refractivity contribution in [2.24, 2.45) is 5.92 Å². The van der Waals surface area contributed by atoms with Crippen LogP contribution in [0.1, 0.15) is 24.0 Å². The van der Waals surface area contributed by atoms with Crippen LogP contribution in [0.3, 0.4) is 0 Å². The maximum absolute atomic E-state index is 12.8. The Bertz CT molecular complexity index is 505. The second-order valence-corrected chi connectivity index (χ2v) is 4.77. The molecule has 2 rings (SSSR count). The van der Waals surface area contributed by atoms with Gasteiger partial charge in [-0.25, -0.2) is 4.98 Å². The summed E-state index contributed by atoms with van der Waals surface area (Å²) in [5.74, 6) is -0.966. The summed E-state index contributed by atoms with van der Waals surface area (Å²) in [4.78, 5) is 5.66. The van der Waals surface area contributed by atoms with Gasteiger partial charge in [0.05, 0.1) is 11.5 Å². The van der Waals surface area contributed by atoms with Gasteiger partial charge in [0.2, 0.25) is 0 Å². The molecular formula is C13H14F3N3. The molecule has 0 amide bonds. The molecule has 0 saturated carbocycles. The number of pyridine rings is 1. The van der Waals surface area contributed by atoms with Gasteiger partial charge in [0.25, 0.3) is 0 Å². The standard InChI is InChI=1S/C13H14F3N3/c1-9-4-5-18-12(11(9)7-17)19-6-2-3-10(8-19)13(14,15)16/h4-5,10H,2-3,6,8H2,1H3. The highest BCUT2D eigenvalue weighted by Crippen LogP contribution is 2.35. The lowest BCUT2D eigenvalue weighted by Crippen LogP contribution is -2.42. The normalized spacial score (nSPS) is 20.2. The Morgan fingerprint density at radius 3 is 2.84 bits per heavy atom. The zero-order valence-corrected chi connectivity index (χ0v) is 10.5.